The number of carboxylic acids is 1. The highest BCUT2D eigenvalue weighted by atomic mass is 16.7. The molecule has 120 valence electrons. The molecule has 1 heterocycles. The van der Waals surface area contributed by atoms with Crippen LogP contribution in [0.5, 0.6) is 5.75 Å². The first-order valence-electron chi connectivity index (χ1n) is 6.15. The minimum atomic E-state index is -1.82. The van der Waals surface area contributed by atoms with E-state index in [1.807, 2.05) is 0 Å². The number of carboxylic acid groups (broad SMARTS) is 1. The zero-order chi connectivity index (χ0) is 16.4. The SMILES string of the molecule is O=C(O)[C@@H]1O[C@@H](Oc2ccc([N+](=O)[O-])cc2)[C@H](O)[C@H](O)[C@@H]1O. The van der Waals surface area contributed by atoms with Crippen molar-refractivity contribution in [1.29, 1.82) is 0 Å². The molecule has 10 heteroatoms. The lowest BCUT2D eigenvalue weighted by molar-refractivity contribution is -0.384. The van der Waals surface area contributed by atoms with Crippen LogP contribution in [-0.2, 0) is 9.53 Å². The van der Waals surface area contributed by atoms with Crippen molar-refractivity contribution in [3.8, 4) is 5.75 Å². The molecule has 0 unspecified atom stereocenters. The number of nitrogens with zero attached hydrogens (tertiary/aromatic N) is 1. The van der Waals surface area contributed by atoms with E-state index in [2.05, 4.69) is 0 Å². The van der Waals surface area contributed by atoms with Gasteiger partial charge in [0.15, 0.2) is 6.10 Å². The minimum absolute atomic E-state index is 0.0578. The highest BCUT2D eigenvalue weighted by Gasteiger charge is 2.48. The average molecular weight is 315 g/mol. The maximum Gasteiger partial charge on any atom is 0.335 e. The number of nitro benzene ring substituents is 1. The van der Waals surface area contributed by atoms with Crippen LogP contribution in [0.15, 0.2) is 24.3 Å². The topological polar surface area (TPSA) is 160 Å². The van der Waals surface area contributed by atoms with Crippen molar-refractivity contribution >= 4 is 11.7 Å². The van der Waals surface area contributed by atoms with Gasteiger partial charge in [-0.25, -0.2) is 4.79 Å². The molecule has 0 bridgehead atoms. The molecule has 0 aromatic heterocycles. The normalized spacial score (nSPS) is 31.5. The molecule has 10 nitrogen and oxygen atoms in total. The fraction of sp³-hybridized carbons (Fsp3) is 0.417. The highest BCUT2D eigenvalue weighted by Crippen LogP contribution is 2.25. The van der Waals surface area contributed by atoms with Crippen LogP contribution in [0.25, 0.3) is 0 Å². The quantitative estimate of drug-likeness (QED) is 0.398. The third-order valence-electron chi connectivity index (χ3n) is 3.11. The molecule has 0 radical (unpaired) electrons. The molecule has 0 spiro atoms. The van der Waals surface area contributed by atoms with E-state index < -0.39 is 41.6 Å². The molecule has 1 fully saturated rings. The Morgan fingerprint density at radius 2 is 1.73 bits per heavy atom. The predicted molar refractivity (Wildman–Crippen MR) is 68.0 cm³/mol. The largest absolute Gasteiger partial charge is 0.479 e. The molecule has 1 aliphatic heterocycles. The van der Waals surface area contributed by atoms with Gasteiger partial charge in [0.1, 0.15) is 24.1 Å². The van der Waals surface area contributed by atoms with E-state index >= 15 is 0 Å². The highest BCUT2D eigenvalue weighted by molar-refractivity contribution is 5.73. The number of aliphatic hydroxyl groups excluding tert-OH is 3. The standard InChI is InChI=1S/C12H13NO9/c14-7-8(15)10(11(17)18)22-12(9(7)16)21-6-3-1-5(2-4-6)13(19)20/h1-4,7-10,12,14-16H,(H,17,18)/t7-,8+,9-,10-,12-/m1/s1. The molecule has 2 rings (SSSR count). The summed E-state index contributed by atoms with van der Waals surface area (Å²) in [6, 6.07) is 4.73. The van der Waals surface area contributed by atoms with Gasteiger partial charge in [0, 0.05) is 12.1 Å². The van der Waals surface area contributed by atoms with E-state index in [-0.39, 0.29) is 11.4 Å². The van der Waals surface area contributed by atoms with Crippen LogP contribution in [-0.4, -0.2) is 62.0 Å². The number of aliphatic hydroxyl groups is 3. The van der Waals surface area contributed by atoms with Crippen LogP contribution in [0.4, 0.5) is 5.69 Å². The molecule has 22 heavy (non-hydrogen) atoms. The Labute approximate surface area is 123 Å². The molecule has 1 aromatic carbocycles. The average Bonchev–Trinajstić information content (AvgIpc) is 2.48. The summed E-state index contributed by atoms with van der Waals surface area (Å²) < 4.78 is 10.1. The van der Waals surface area contributed by atoms with Crippen molar-refractivity contribution in [3.05, 3.63) is 34.4 Å². The van der Waals surface area contributed by atoms with Crippen LogP contribution in [0.1, 0.15) is 0 Å². The van der Waals surface area contributed by atoms with E-state index in [4.69, 9.17) is 14.6 Å². The molecular weight excluding hydrogens is 302 g/mol. The number of hydrogen-bond acceptors (Lipinski definition) is 8. The summed E-state index contributed by atoms with van der Waals surface area (Å²) in [6.45, 7) is 0. The van der Waals surface area contributed by atoms with Gasteiger partial charge in [-0.05, 0) is 12.1 Å². The zero-order valence-corrected chi connectivity index (χ0v) is 11.0. The number of rotatable bonds is 4. The molecule has 0 saturated carbocycles. The summed E-state index contributed by atoms with van der Waals surface area (Å²) >= 11 is 0. The van der Waals surface area contributed by atoms with Gasteiger partial charge < -0.3 is 29.9 Å². The van der Waals surface area contributed by atoms with Crippen molar-refractivity contribution in [3.63, 3.8) is 0 Å². The second-order valence-electron chi connectivity index (χ2n) is 4.60. The van der Waals surface area contributed by atoms with Crippen molar-refractivity contribution < 1.29 is 39.6 Å². The van der Waals surface area contributed by atoms with Crippen LogP contribution in [0, 0.1) is 10.1 Å². The maximum absolute atomic E-state index is 10.9. The Bertz CT molecular complexity index is 560. The summed E-state index contributed by atoms with van der Waals surface area (Å²) in [6.07, 6.45) is -8.62. The number of ether oxygens (including phenoxy) is 2. The van der Waals surface area contributed by atoms with Gasteiger partial charge >= 0.3 is 5.97 Å². The summed E-state index contributed by atoms with van der Waals surface area (Å²) in [5.74, 6) is -1.47. The van der Waals surface area contributed by atoms with Gasteiger partial charge in [-0.1, -0.05) is 0 Å². The molecule has 5 atom stereocenters. The first kappa shape index (κ1) is 16.1. The Morgan fingerprint density at radius 1 is 1.14 bits per heavy atom. The van der Waals surface area contributed by atoms with Gasteiger partial charge in [0.2, 0.25) is 6.29 Å². The van der Waals surface area contributed by atoms with Crippen molar-refractivity contribution in [2.75, 3.05) is 0 Å². The van der Waals surface area contributed by atoms with E-state index in [1.165, 1.54) is 12.1 Å². The zero-order valence-electron chi connectivity index (χ0n) is 11.0. The van der Waals surface area contributed by atoms with Gasteiger partial charge in [0.05, 0.1) is 4.92 Å². The number of hydrogen-bond donors (Lipinski definition) is 4. The van der Waals surface area contributed by atoms with Crippen LogP contribution >= 0.6 is 0 Å². The van der Waals surface area contributed by atoms with Crippen molar-refractivity contribution in [2.45, 2.75) is 30.7 Å². The lowest BCUT2D eigenvalue weighted by Crippen LogP contribution is -2.61. The number of nitro groups is 1. The molecule has 0 aliphatic carbocycles. The molecule has 0 amide bonds. The first-order valence-corrected chi connectivity index (χ1v) is 6.15. The predicted octanol–water partition coefficient (Wildman–Crippen LogP) is -1.13. The molecule has 1 saturated heterocycles. The lowest BCUT2D eigenvalue weighted by atomic mass is 9.99. The fourth-order valence-corrected chi connectivity index (χ4v) is 1.93. The second-order valence-corrected chi connectivity index (χ2v) is 4.60. The van der Waals surface area contributed by atoms with Gasteiger partial charge in [-0.15, -0.1) is 0 Å². The van der Waals surface area contributed by atoms with E-state index in [0.29, 0.717) is 0 Å². The van der Waals surface area contributed by atoms with E-state index in [1.54, 1.807) is 0 Å². The fourth-order valence-electron chi connectivity index (χ4n) is 1.93. The summed E-state index contributed by atoms with van der Waals surface area (Å²) in [7, 11) is 0. The van der Waals surface area contributed by atoms with Crippen LogP contribution in [0.2, 0.25) is 0 Å². The van der Waals surface area contributed by atoms with Crippen molar-refractivity contribution in [1.82, 2.24) is 0 Å². The van der Waals surface area contributed by atoms with Gasteiger partial charge in [-0.2, -0.15) is 0 Å². The Morgan fingerprint density at radius 3 is 2.23 bits per heavy atom. The summed E-state index contributed by atoms with van der Waals surface area (Å²) in [5, 5.41) is 48.3. The van der Waals surface area contributed by atoms with E-state index in [0.717, 1.165) is 12.1 Å². The Hall–Kier alpha value is -2.27. The molecular formula is C12H13NO9. The minimum Gasteiger partial charge on any atom is -0.479 e. The smallest absolute Gasteiger partial charge is 0.335 e. The van der Waals surface area contributed by atoms with Crippen molar-refractivity contribution in [2.24, 2.45) is 0 Å². The third kappa shape index (κ3) is 3.14. The monoisotopic (exact) mass is 315 g/mol. The molecule has 1 aliphatic rings. The van der Waals surface area contributed by atoms with Gasteiger partial charge in [-0.3, -0.25) is 10.1 Å². The summed E-state index contributed by atoms with van der Waals surface area (Å²) in [4.78, 5) is 20.8. The Kier molecular flexibility index (Phi) is 4.56. The number of benzene rings is 1. The second kappa shape index (κ2) is 6.23. The van der Waals surface area contributed by atoms with Gasteiger partial charge in [0.25, 0.3) is 5.69 Å². The van der Waals surface area contributed by atoms with Crippen LogP contribution in [0.3, 0.4) is 0 Å². The molecule has 1 aromatic rings. The maximum atomic E-state index is 10.9. The van der Waals surface area contributed by atoms with E-state index in [9.17, 15) is 30.2 Å². The third-order valence-corrected chi connectivity index (χ3v) is 3.11. The van der Waals surface area contributed by atoms with Crippen LogP contribution < -0.4 is 4.74 Å². The number of carbonyl (C=O) groups is 1. The molecule has 4 N–H and O–H groups in total. The Balaban J connectivity index is 2.13. The number of non-ortho nitro benzene ring substituents is 1. The lowest BCUT2D eigenvalue weighted by Gasteiger charge is -2.38. The number of aliphatic carboxylic acids is 1. The summed E-state index contributed by atoms with van der Waals surface area (Å²) in [5.41, 5.74) is -0.184. The first-order chi connectivity index (χ1) is 10.3.